The average Bonchev–Trinajstić information content (AvgIpc) is 3.13. The fraction of sp³-hybridized carbons (Fsp3) is 0.519. The lowest BCUT2D eigenvalue weighted by Crippen LogP contribution is -2.35. The monoisotopic (exact) mass is 435 g/mol. The Labute approximate surface area is 192 Å². The number of ketones is 1. The first-order valence-corrected chi connectivity index (χ1v) is 12.0. The van der Waals surface area contributed by atoms with Crippen LogP contribution in [0.15, 0.2) is 47.2 Å². The van der Waals surface area contributed by atoms with Crippen LogP contribution in [-0.4, -0.2) is 55.1 Å². The minimum atomic E-state index is -0.265. The van der Waals surface area contributed by atoms with Crippen molar-refractivity contribution in [3.63, 3.8) is 0 Å². The molecule has 0 aliphatic heterocycles. The van der Waals surface area contributed by atoms with Crippen molar-refractivity contribution < 1.29 is 9.53 Å². The van der Waals surface area contributed by atoms with Crippen molar-refractivity contribution in [2.45, 2.75) is 52.5 Å². The molecule has 1 aromatic heterocycles. The van der Waals surface area contributed by atoms with Crippen molar-refractivity contribution in [3.8, 4) is 0 Å². The molecule has 1 aromatic carbocycles. The molecule has 1 heterocycles. The fourth-order valence-corrected chi connectivity index (χ4v) is 5.16. The summed E-state index contributed by atoms with van der Waals surface area (Å²) < 4.78 is 8.52. The van der Waals surface area contributed by atoms with E-state index < -0.39 is 0 Å². The average molecular weight is 436 g/mol. The molecule has 172 valence electrons. The molecule has 2 aliphatic rings. The maximum absolute atomic E-state index is 13.8. The Bertz CT molecular complexity index is 1070. The maximum Gasteiger partial charge on any atom is 0.191 e. The van der Waals surface area contributed by atoms with Gasteiger partial charge in [0.1, 0.15) is 6.61 Å². The summed E-state index contributed by atoms with van der Waals surface area (Å²) in [5.74, 6) is 1.21. The molecule has 32 heavy (non-hydrogen) atoms. The van der Waals surface area contributed by atoms with E-state index in [4.69, 9.17) is 4.74 Å². The molecule has 5 heteroatoms. The minimum Gasteiger partial charge on any atom is -0.497 e. The molecule has 0 saturated carbocycles. The van der Waals surface area contributed by atoms with Gasteiger partial charge in [0.05, 0.1) is 11.3 Å². The molecule has 0 unspecified atom stereocenters. The van der Waals surface area contributed by atoms with Crippen molar-refractivity contribution >= 4 is 16.7 Å². The zero-order chi connectivity index (χ0) is 22.9. The molecule has 5 nitrogen and oxygen atoms in total. The molecule has 0 amide bonds. The van der Waals surface area contributed by atoms with E-state index in [9.17, 15) is 4.79 Å². The predicted octanol–water partition coefficient (Wildman–Crippen LogP) is 4.67. The highest BCUT2D eigenvalue weighted by Crippen LogP contribution is 2.48. The summed E-state index contributed by atoms with van der Waals surface area (Å²) in [5, 5.41) is 4.52. The van der Waals surface area contributed by atoms with Gasteiger partial charge in [0.25, 0.3) is 0 Å². The van der Waals surface area contributed by atoms with Gasteiger partial charge in [-0.1, -0.05) is 45.9 Å². The summed E-state index contributed by atoms with van der Waals surface area (Å²) in [6, 6.07) is 8.37. The van der Waals surface area contributed by atoms with Gasteiger partial charge in [-0.05, 0) is 44.3 Å². The number of benzene rings is 1. The lowest BCUT2D eigenvalue weighted by molar-refractivity contribution is 0.102. The van der Waals surface area contributed by atoms with Gasteiger partial charge in [0.15, 0.2) is 5.78 Å². The van der Waals surface area contributed by atoms with Crippen LogP contribution in [0.1, 0.15) is 56.6 Å². The number of nitrogens with zero attached hydrogens (tertiary/aromatic N) is 2. The van der Waals surface area contributed by atoms with Gasteiger partial charge >= 0.3 is 0 Å². The van der Waals surface area contributed by atoms with E-state index in [1.165, 1.54) is 0 Å². The first-order valence-electron chi connectivity index (χ1n) is 12.0. The molecule has 0 saturated heterocycles. The van der Waals surface area contributed by atoms with Crippen LogP contribution in [0.3, 0.4) is 0 Å². The molecule has 0 radical (unpaired) electrons. The fourth-order valence-electron chi connectivity index (χ4n) is 5.16. The summed E-state index contributed by atoms with van der Waals surface area (Å²) in [7, 11) is 2.11. The van der Waals surface area contributed by atoms with E-state index >= 15 is 0 Å². The summed E-state index contributed by atoms with van der Waals surface area (Å²) in [6.45, 7) is 14.1. The Kier molecular flexibility index (Phi) is 6.59. The summed E-state index contributed by atoms with van der Waals surface area (Å²) in [4.78, 5) is 16.0. The number of para-hydroxylation sites is 1. The summed E-state index contributed by atoms with van der Waals surface area (Å²) >= 11 is 0. The number of rotatable bonds is 9. The van der Waals surface area contributed by atoms with Crippen LogP contribution in [0.4, 0.5) is 0 Å². The van der Waals surface area contributed by atoms with Crippen LogP contribution in [0.5, 0.6) is 0 Å². The van der Waals surface area contributed by atoms with E-state index in [1.54, 1.807) is 0 Å². The zero-order valence-electron chi connectivity index (χ0n) is 20.3. The summed E-state index contributed by atoms with van der Waals surface area (Å²) in [6.07, 6.45) is 3.71. The number of allylic oxidation sites excluding steroid dienone is 4. The third-order valence-corrected chi connectivity index (χ3v) is 7.05. The highest BCUT2D eigenvalue weighted by atomic mass is 16.5. The third kappa shape index (κ3) is 3.93. The van der Waals surface area contributed by atoms with Gasteiger partial charge in [-0.3, -0.25) is 4.79 Å². The van der Waals surface area contributed by atoms with Gasteiger partial charge < -0.3 is 19.5 Å². The van der Waals surface area contributed by atoms with Crippen molar-refractivity contribution in [1.29, 1.82) is 0 Å². The number of carbonyl (C=O) groups excluding carboxylic acids is 1. The molecule has 4 rings (SSSR count). The number of fused-ring (bicyclic) bond motifs is 3. The Hall–Kier alpha value is -2.37. The van der Waals surface area contributed by atoms with Crippen molar-refractivity contribution in [2.75, 3.05) is 39.8 Å². The SMILES string of the molecule is CCNCCn1c2c(c3ccccc31)C(=O)C1=C(C=C(OCCN(C)CC)CC1)C2(C)C. The van der Waals surface area contributed by atoms with Crippen molar-refractivity contribution in [3.05, 3.63) is 58.5 Å². The largest absolute Gasteiger partial charge is 0.497 e. The number of likely N-dealkylation sites (N-methyl/N-ethyl adjacent to an activating group) is 2. The van der Waals surface area contributed by atoms with Crippen molar-refractivity contribution in [1.82, 2.24) is 14.8 Å². The highest BCUT2D eigenvalue weighted by Gasteiger charge is 2.43. The van der Waals surface area contributed by atoms with Crippen LogP contribution in [0, 0.1) is 0 Å². The smallest absolute Gasteiger partial charge is 0.191 e. The van der Waals surface area contributed by atoms with Gasteiger partial charge in [-0.15, -0.1) is 0 Å². The van der Waals surface area contributed by atoms with E-state index in [0.717, 1.165) is 84.6 Å². The standard InChI is InChI=1S/C27H37N3O2/c1-6-28-14-15-30-23-11-9-8-10-21(23)24-25(31)20-13-12-19(32-17-16-29(5)7-2)18-22(20)27(3,4)26(24)30/h8-11,18,28H,6-7,12-17H2,1-5H3. The number of Topliss-reactive ketones (excluding diaryl/α,β-unsaturated/α-hetero) is 1. The predicted molar refractivity (Wildman–Crippen MR) is 131 cm³/mol. The molecule has 0 bridgehead atoms. The zero-order valence-corrected chi connectivity index (χ0v) is 20.3. The quantitative estimate of drug-likeness (QED) is 0.582. The van der Waals surface area contributed by atoms with Crippen LogP contribution in [-0.2, 0) is 16.7 Å². The Morgan fingerprint density at radius 2 is 1.97 bits per heavy atom. The normalized spacial score (nSPS) is 17.6. The second-order valence-corrected chi connectivity index (χ2v) is 9.45. The molecule has 0 spiro atoms. The van der Waals surface area contributed by atoms with Gasteiger partial charge in [-0.25, -0.2) is 0 Å². The van der Waals surface area contributed by atoms with Gasteiger partial charge in [0.2, 0.25) is 0 Å². The minimum absolute atomic E-state index is 0.203. The number of hydrogen-bond donors (Lipinski definition) is 1. The van der Waals surface area contributed by atoms with E-state index in [0.29, 0.717) is 6.61 Å². The third-order valence-electron chi connectivity index (χ3n) is 7.05. The van der Waals surface area contributed by atoms with E-state index in [2.05, 4.69) is 73.8 Å². The highest BCUT2D eigenvalue weighted by molar-refractivity contribution is 6.19. The number of ether oxygens (including phenoxy) is 1. The lowest BCUT2D eigenvalue weighted by atomic mass is 9.68. The Morgan fingerprint density at radius 1 is 1.19 bits per heavy atom. The molecule has 0 atom stereocenters. The number of aromatic nitrogens is 1. The second-order valence-electron chi connectivity index (χ2n) is 9.45. The molecule has 2 aliphatic carbocycles. The first-order chi connectivity index (χ1) is 15.4. The van der Waals surface area contributed by atoms with Crippen LogP contribution < -0.4 is 5.32 Å². The lowest BCUT2D eigenvalue weighted by Gasteiger charge is -2.37. The van der Waals surface area contributed by atoms with E-state index in [-0.39, 0.29) is 11.2 Å². The molecule has 2 aromatic rings. The molecular formula is C27H37N3O2. The van der Waals surface area contributed by atoms with Gasteiger partial charge in [-0.2, -0.15) is 0 Å². The second kappa shape index (κ2) is 9.24. The molecule has 1 N–H and O–H groups in total. The molecular weight excluding hydrogens is 398 g/mol. The Balaban J connectivity index is 1.75. The Morgan fingerprint density at radius 3 is 2.72 bits per heavy atom. The molecule has 0 fully saturated rings. The maximum atomic E-state index is 13.8. The van der Waals surface area contributed by atoms with Gasteiger partial charge in [0, 0.05) is 53.6 Å². The van der Waals surface area contributed by atoms with Crippen LogP contribution in [0.25, 0.3) is 10.9 Å². The number of nitrogens with one attached hydrogen (secondary N) is 1. The number of hydrogen-bond acceptors (Lipinski definition) is 4. The first kappa shape index (κ1) is 22.8. The number of carbonyl (C=O) groups is 1. The topological polar surface area (TPSA) is 46.5 Å². The van der Waals surface area contributed by atoms with Crippen LogP contribution in [0.2, 0.25) is 0 Å². The summed E-state index contributed by atoms with van der Waals surface area (Å²) in [5.41, 5.74) is 5.04. The van der Waals surface area contributed by atoms with Crippen molar-refractivity contribution in [2.24, 2.45) is 0 Å². The van der Waals surface area contributed by atoms with Crippen LogP contribution >= 0.6 is 0 Å². The van der Waals surface area contributed by atoms with E-state index in [1.807, 2.05) is 6.07 Å².